The highest BCUT2D eigenvalue weighted by Crippen LogP contribution is 2.30. The van der Waals surface area contributed by atoms with Gasteiger partial charge in [-0.25, -0.2) is 0 Å². The van der Waals surface area contributed by atoms with Crippen molar-refractivity contribution in [2.24, 2.45) is 5.73 Å². The number of nitrogens with two attached hydrogens (primary N) is 1. The molecule has 104 valence electrons. The minimum atomic E-state index is 0.0785. The van der Waals surface area contributed by atoms with Crippen LogP contribution in [0.4, 0.5) is 0 Å². The summed E-state index contributed by atoms with van der Waals surface area (Å²) in [6, 6.07) is 13.9. The summed E-state index contributed by atoms with van der Waals surface area (Å²) >= 11 is 1.76. The second-order valence-corrected chi connectivity index (χ2v) is 5.51. The number of aryl methyl sites for hydroxylation is 1. The first-order chi connectivity index (χ1) is 9.61. The number of nitrogens with one attached hydrogen (secondary N) is 1. The number of hydrogen-bond donors (Lipinski definition) is 2. The predicted molar refractivity (Wildman–Crippen MR) is 84.8 cm³/mol. The zero-order valence-electron chi connectivity index (χ0n) is 11.6. The van der Waals surface area contributed by atoms with E-state index in [-0.39, 0.29) is 5.84 Å². The monoisotopic (exact) mass is 286 g/mol. The van der Waals surface area contributed by atoms with Gasteiger partial charge >= 0.3 is 0 Å². The van der Waals surface area contributed by atoms with Gasteiger partial charge < -0.3 is 10.5 Å². The second kappa shape index (κ2) is 6.48. The Morgan fingerprint density at radius 2 is 2.00 bits per heavy atom. The third kappa shape index (κ3) is 3.33. The molecule has 0 aliphatic rings. The lowest BCUT2D eigenvalue weighted by atomic mass is 10.1. The molecule has 2 rings (SSSR count). The number of benzene rings is 2. The van der Waals surface area contributed by atoms with Crippen LogP contribution < -0.4 is 10.5 Å². The zero-order valence-corrected chi connectivity index (χ0v) is 12.5. The molecule has 0 saturated carbocycles. The molecule has 0 amide bonds. The van der Waals surface area contributed by atoms with E-state index in [1.54, 1.807) is 18.9 Å². The summed E-state index contributed by atoms with van der Waals surface area (Å²) in [7, 11) is 1.66. The van der Waals surface area contributed by atoms with Crippen molar-refractivity contribution in [3.63, 3.8) is 0 Å². The summed E-state index contributed by atoms with van der Waals surface area (Å²) in [6.45, 7) is 2.10. The van der Waals surface area contributed by atoms with Gasteiger partial charge in [-0.05, 0) is 36.8 Å². The summed E-state index contributed by atoms with van der Waals surface area (Å²) in [6.07, 6.45) is 0. The van der Waals surface area contributed by atoms with E-state index in [0.717, 1.165) is 22.6 Å². The van der Waals surface area contributed by atoms with Crippen LogP contribution in [0, 0.1) is 12.3 Å². The third-order valence-corrected chi connectivity index (χ3v) is 4.29. The van der Waals surface area contributed by atoms with Gasteiger partial charge in [-0.15, -0.1) is 11.8 Å². The fourth-order valence-corrected chi connectivity index (χ4v) is 2.94. The molecule has 0 unspecified atom stereocenters. The first-order valence-corrected chi connectivity index (χ1v) is 7.30. The Morgan fingerprint density at radius 1 is 1.25 bits per heavy atom. The van der Waals surface area contributed by atoms with Crippen molar-refractivity contribution in [2.75, 3.05) is 7.11 Å². The first kappa shape index (κ1) is 14.5. The molecule has 2 aromatic carbocycles. The van der Waals surface area contributed by atoms with E-state index in [1.807, 2.05) is 30.3 Å². The van der Waals surface area contributed by atoms with Crippen LogP contribution in [0.25, 0.3) is 0 Å². The molecule has 0 fully saturated rings. The SMILES string of the molecule is COc1ccc(C(=N)N)cc1CSc1ccccc1C. The predicted octanol–water partition coefficient (Wildman–Crippen LogP) is 3.58. The van der Waals surface area contributed by atoms with Crippen molar-refractivity contribution in [3.8, 4) is 5.75 Å². The van der Waals surface area contributed by atoms with Crippen LogP contribution in [0.1, 0.15) is 16.7 Å². The molecule has 4 heteroatoms. The average molecular weight is 286 g/mol. The molecule has 0 heterocycles. The smallest absolute Gasteiger partial charge is 0.122 e. The minimum absolute atomic E-state index is 0.0785. The number of hydrogen-bond acceptors (Lipinski definition) is 3. The number of methoxy groups -OCH3 is 1. The molecule has 2 aromatic rings. The molecule has 0 aliphatic heterocycles. The Labute approximate surface area is 123 Å². The van der Waals surface area contributed by atoms with Crippen molar-refractivity contribution < 1.29 is 4.74 Å². The molecule has 0 saturated heterocycles. The Hall–Kier alpha value is -1.94. The number of amidine groups is 1. The van der Waals surface area contributed by atoms with Gasteiger partial charge in [0.15, 0.2) is 0 Å². The van der Waals surface area contributed by atoms with Gasteiger partial charge in [-0.2, -0.15) is 0 Å². The standard InChI is InChI=1S/C16H18N2OS/c1-11-5-3-4-6-15(11)20-10-13-9-12(16(17)18)7-8-14(13)19-2/h3-9H,10H2,1-2H3,(H3,17,18). The van der Waals surface area contributed by atoms with E-state index in [9.17, 15) is 0 Å². The van der Waals surface area contributed by atoms with Crippen molar-refractivity contribution in [1.29, 1.82) is 5.41 Å². The maximum Gasteiger partial charge on any atom is 0.122 e. The normalized spacial score (nSPS) is 10.3. The number of ether oxygens (including phenoxy) is 1. The van der Waals surface area contributed by atoms with Gasteiger partial charge in [0.05, 0.1) is 7.11 Å². The van der Waals surface area contributed by atoms with E-state index in [4.69, 9.17) is 15.9 Å². The van der Waals surface area contributed by atoms with Crippen molar-refractivity contribution >= 4 is 17.6 Å². The molecule has 0 atom stereocenters. The Balaban J connectivity index is 2.22. The zero-order chi connectivity index (χ0) is 14.5. The maximum atomic E-state index is 7.52. The van der Waals surface area contributed by atoms with Crippen LogP contribution in [-0.4, -0.2) is 12.9 Å². The van der Waals surface area contributed by atoms with E-state index < -0.39 is 0 Å². The largest absolute Gasteiger partial charge is 0.496 e. The Bertz CT molecular complexity index is 626. The van der Waals surface area contributed by atoms with E-state index in [0.29, 0.717) is 0 Å². The van der Waals surface area contributed by atoms with Gasteiger partial charge in [0, 0.05) is 21.8 Å². The number of thioether (sulfide) groups is 1. The van der Waals surface area contributed by atoms with Crippen molar-refractivity contribution in [2.45, 2.75) is 17.6 Å². The molecular formula is C16H18N2OS. The molecule has 0 spiro atoms. The first-order valence-electron chi connectivity index (χ1n) is 6.31. The summed E-state index contributed by atoms with van der Waals surface area (Å²) in [4.78, 5) is 1.25. The highest BCUT2D eigenvalue weighted by atomic mass is 32.2. The lowest BCUT2D eigenvalue weighted by molar-refractivity contribution is 0.411. The highest BCUT2D eigenvalue weighted by molar-refractivity contribution is 7.98. The topological polar surface area (TPSA) is 59.1 Å². The molecule has 0 aliphatic carbocycles. The summed E-state index contributed by atoms with van der Waals surface area (Å²) < 4.78 is 5.37. The highest BCUT2D eigenvalue weighted by Gasteiger charge is 2.07. The molecule has 20 heavy (non-hydrogen) atoms. The van der Waals surface area contributed by atoms with Gasteiger partial charge in [0.1, 0.15) is 11.6 Å². The lowest BCUT2D eigenvalue weighted by Crippen LogP contribution is -2.11. The molecular weight excluding hydrogens is 268 g/mol. The number of nitrogen functional groups attached to an aromatic ring is 1. The Kier molecular flexibility index (Phi) is 4.69. The summed E-state index contributed by atoms with van der Waals surface area (Å²) in [5, 5.41) is 7.52. The Morgan fingerprint density at radius 3 is 2.65 bits per heavy atom. The fourth-order valence-electron chi connectivity index (χ4n) is 1.93. The van der Waals surface area contributed by atoms with E-state index in [1.165, 1.54) is 10.5 Å². The van der Waals surface area contributed by atoms with Crippen LogP contribution in [0.5, 0.6) is 5.75 Å². The van der Waals surface area contributed by atoms with Crippen molar-refractivity contribution in [3.05, 3.63) is 59.2 Å². The van der Waals surface area contributed by atoms with Crippen LogP contribution in [0.3, 0.4) is 0 Å². The van der Waals surface area contributed by atoms with E-state index in [2.05, 4.69) is 19.1 Å². The molecule has 0 aromatic heterocycles. The van der Waals surface area contributed by atoms with Crippen LogP contribution in [0.2, 0.25) is 0 Å². The summed E-state index contributed by atoms with van der Waals surface area (Å²) in [5.41, 5.74) is 8.58. The van der Waals surface area contributed by atoms with Gasteiger partial charge in [0.2, 0.25) is 0 Å². The second-order valence-electron chi connectivity index (χ2n) is 4.49. The minimum Gasteiger partial charge on any atom is -0.496 e. The molecule has 0 radical (unpaired) electrons. The van der Waals surface area contributed by atoms with Crippen LogP contribution >= 0.6 is 11.8 Å². The van der Waals surface area contributed by atoms with Gasteiger partial charge in [-0.3, -0.25) is 5.41 Å². The van der Waals surface area contributed by atoms with Crippen LogP contribution in [-0.2, 0) is 5.75 Å². The average Bonchev–Trinajstić information content (AvgIpc) is 2.46. The van der Waals surface area contributed by atoms with Gasteiger partial charge in [-0.1, -0.05) is 18.2 Å². The fraction of sp³-hybridized carbons (Fsp3) is 0.188. The van der Waals surface area contributed by atoms with Crippen LogP contribution in [0.15, 0.2) is 47.4 Å². The maximum absolute atomic E-state index is 7.52. The molecule has 3 nitrogen and oxygen atoms in total. The summed E-state index contributed by atoms with van der Waals surface area (Å²) in [5.74, 6) is 1.70. The molecule has 0 bridgehead atoms. The third-order valence-electron chi connectivity index (χ3n) is 3.07. The quantitative estimate of drug-likeness (QED) is 0.502. The van der Waals surface area contributed by atoms with Crippen molar-refractivity contribution in [1.82, 2.24) is 0 Å². The lowest BCUT2D eigenvalue weighted by Gasteiger charge is -2.11. The molecule has 3 N–H and O–H groups in total. The van der Waals surface area contributed by atoms with Gasteiger partial charge in [0.25, 0.3) is 0 Å². The number of rotatable bonds is 5. The van der Waals surface area contributed by atoms with E-state index >= 15 is 0 Å².